The molecule has 20 heavy (non-hydrogen) atoms. The van der Waals surface area contributed by atoms with Gasteiger partial charge >= 0.3 is 0 Å². The maximum Gasteiger partial charge on any atom is 0.124 e. The largest absolute Gasteiger partial charge is 0.507 e. The maximum atomic E-state index is 10.0. The Kier molecular flexibility index (Phi) is 3.88. The third kappa shape index (κ3) is 2.51. The normalized spacial score (nSPS) is 28.9. The van der Waals surface area contributed by atoms with Crippen molar-refractivity contribution in [3.63, 3.8) is 0 Å². The predicted octanol–water partition coefficient (Wildman–Crippen LogP) is 3.67. The molecule has 3 atom stereocenters. The van der Waals surface area contributed by atoms with Gasteiger partial charge in [0.2, 0.25) is 0 Å². The molecular formula is C17H25NO2. The molecule has 2 fully saturated rings. The van der Waals surface area contributed by atoms with E-state index in [1.165, 1.54) is 32.1 Å². The van der Waals surface area contributed by atoms with Gasteiger partial charge in [-0.3, -0.25) is 4.90 Å². The minimum Gasteiger partial charge on any atom is -0.507 e. The summed E-state index contributed by atoms with van der Waals surface area (Å²) < 4.78 is 0. The van der Waals surface area contributed by atoms with Gasteiger partial charge in [0.1, 0.15) is 11.5 Å². The molecule has 3 rings (SSSR count). The number of piperidine rings is 1. The molecule has 1 aromatic rings. The monoisotopic (exact) mass is 275 g/mol. The molecule has 3 nitrogen and oxygen atoms in total. The van der Waals surface area contributed by atoms with Crippen LogP contribution in [-0.4, -0.2) is 28.2 Å². The third-order valence-corrected chi connectivity index (χ3v) is 5.35. The van der Waals surface area contributed by atoms with Crippen LogP contribution in [0.1, 0.15) is 50.6 Å². The van der Waals surface area contributed by atoms with E-state index in [1.807, 2.05) is 0 Å². The fraction of sp³-hybridized carbons (Fsp3) is 0.647. The molecule has 1 aliphatic heterocycles. The molecule has 110 valence electrons. The molecule has 0 amide bonds. The average molecular weight is 275 g/mol. The zero-order valence-corrected chi connectivity index (χ0v) is 12.3. The average Bonchev–Trinajstić information content (AvgIpc) is 2.46. The van der Waals surface area contributed by atoms with Gasteiger partial charge in [-0.2, -0.15) is 0 Å². The SMILES string of the molecule is CC(c1c(O)cccc1O)N1CCC2CCCCC2C1. The molecular weight excluding hydrogens is 250 g/mol. The minimum atomic E-state index is 0.0825. The number of aromatic hydroxyl groups is 2. The first-order chi connectivity index (χ1) is 9.66. The van der Waals surface area contributed by atoms with Crippen LogP contribution < -0.4 is 0 Å². The molecule has 1 saturated carbocycles. The van der Waals surface area contributed by atoms with Crippen molar-refractivity contribution in [2.24, 2.45) is 11.8 Å². The number of nitrogens with zero attached hydrogens (tertiary/aromatic N) is 1. The number of hydrogen-bond acceptors (Lipinski definition) is 3. The summed E-state index contributed by atoms with van der Waals surface area (Å²) >= 11 is 0. The topological polar surface area (TPSA) is 43.7 Å². The van der Waals surface area contributed by atoms with E-state index in [0.29, 0.717) is 5.56 Å². The van der Waals surface area contributed by atoms with Crippen molar-refractivity contribution >= 4 is 0 Å². The third-order valence-electron chi connectivity index (χ3n) is 5.35. The lowest BCUT2D eigenvalue weighted by molar-refractivity contribution is 0.0602. The van der Waals surface area contributed by atoms with Crippen LogP contribution in [0, 0.1) is 11.8 Å². The molecule has 3 unspecified atom stereocenters. The lowest BCUT2D eigenvalue weighted by Crippen LogP contribution is -2.42. The first-order valence-electron chi connectivity index (χ1n) is 7.91. The highest BCUT2D eigenvalue weighted by atomic mass is 16.3. The van der Waals surface area contributed by atoms with Crippen LogP contribution in [-0.2, 0) is 0 Å². The van der Waals surface area contributed by atoms with Gasteiger partial charge in [0.15, 0.2) is 0 Å². The van der Waals surface area contributed by atoms with Crippen LogP contribution in [0.2, 0.25) is 0 Å². The van der Waals surface area contributed by atoms with Crippen molar-refractivity contribution in [1.29, 1.82) is 0 Å². The second kappa shape index (κ2) is 5.65. The van der Waals surface area contributed by atoms with E-state index in [2.05, 4.69) is 11.8 Å². The molecule has 0 bridgehead atoms. The van der Waals surface area contributed by atoms with Gasteiger partial charge in [-0.1, -0.05) is 25.3 Å². The van der Waals surface area contributed by atoms with Crippen molar-refractivity contribution in [2.75, 3.05) is 13.1 Å². The summed E-state index contributed by atoms with van der Waals surface area (Å²) in [5.41, 5.74) is 0.682. The van der Waals surface area contributed by atoms with Crippen molar-refractivity contribution < 1.29 is 10.2 Å². The van der Waals surface area contributed by atoms with E-state index >= 15 is 0 Å². The molecule has 0 aromatic heterocycles. The van der Waals surface area contributed by atoms with Crippen LogP contribution in [0.3, 0.4) is 0 Å². The van der Waals surface area contributed by atoms with E-state index in [4.69, 9.17) is 0 Å². The van der Waals surface area contributed by atoms with Gasteiger partial charge in [-0.05, 0) is 50.3 Å². The molecule has 1 aliphatic carbocycles. The Bertz CT molecular complexity index is 454. The van der Waals surface area contributed by atoms with E-state index < -0.39 is 0 Å². The van der Waals surface area contributed by atoms with Crippen LogP contribution in [0.15, 0.2) is 18.2 Å². The Hall–Kier alpha value is -1.22. The molecule has 2 aliphatic rings. The zero-order chi connectivity index (χ0) is 14.1. The second-order valence-corrected chi connectivity index (χ2v) is 6.47. The van der Waals surface area contributed by atoms with Crippen molar-refractivity contribution in [2.45, 2.75) is 45.1 Å². The molecule has 1 saturated heterocycles. The van der Waals surface area contributed by atoms with E-state index in [9.17, 15) is 10.2 Å². The number of phenolic OH excluding ortho intramolecular Hbond substituents is 2. The number of likely N-dealkylation sites (tertiary alicyclic amines) is 1. The summed E-state index contributed by atoms with van der Waals surface area (Å²) in [6.45, 7) is 4.29. The molecule has 1 heterocycles. The first kappa shape index (κ1) is 13.7. The standard InChI is InChI=1S/C17H25NO2/c1-12(17-15(19)7-4-8-16(17)20)18-10-9-13-5-2-3-6-14(13)11-18/h4,7-8,12-14,19-20H,2-3,5-6,9-11H2,1H3. The highest BCUT2D eigenvalue weighted by Gasteiger charge is 2.34. The molecule has 0 radical (unpaired) electrons. The van der Waals surface area contributed by atoms with Crippen LogP contribution in [0.4, 0.5) is 0 Å². The quantitative estimate of drug-likeness (QED) is 0.865. The Morgan fingerprint density at radius 3 is 2.40 bits per heavy atom. The molecule has 3 heteroatoms. The van der Waals surface area contributed by atoms with Crippen molar-refractivity contribution in [3.8, 4) is 11.5 Å². The predicted molar refractivity (Wildman–Crippen MR) is 79.8 cm³/mol. The molecule has 0 spiro atoms. The maximum absolute atomic E-state index is 10.0. The summed E-state index contributed by atoms with van der Waals surface area (Å²) in [7, 11) is 0. The Morgan fingerprint density at radius 1 is 1.05 bits per heavy atom. The van der Waals surface area contributed by atoms with Gasteiger partial charge in [0, 0.05) is 12.6 Å². The fourth-order valence-electron chi connectivity index (χ4n) is 4.13. The Morgan fingerprint density at radius 2 is 1.70 bits per heavy atom. The number of fused-ring (bicyclic) bond motifs is 1. The summed E-state index contributed by atoms with van der Waals surface area (Å²) in [5.74, 6) is 2.14. The van der Waals surface area contributed by atoms with Gasteiger partial charge in [-0.25, -0.2) is 0 Å². The summed E-state index contributed by atoms with van der Waals surface area (Å²) in [4.78, 5) is 2.43. The van der Waals surface area contributed by atoms with Gasteiger partial charge in [0.05, 0.1) is 5.56 Å². The van der Waals surface area contributed by atoms with Crippen molar-refractivity contribution in [1.82, 2.24) is 4.90 Å². The smallest absolute Gasteiger partial charge is 0.124 e. The summed E-state index contributed by atoms with van der Waals surface area (Å²) in [6, 6.07) is 5.10. The summed E-state index contributed by atoms with van der Waals surface area (Å²) in [5, 5.41) is 20.1. The van der Waals surface area contributed by atoms with Crippen LogP contribution in [0.25, 0.3) is 0 Å². The van der Waals surface area contributed by atoms with E-state index in [0.717, 1.165) is 24.9 Å². The van der Waals surface area contributed by atoms with Gasteiger partial charge < -0.3 is 10.2 Å². The Balaban J connectivity index is 1.76. The number of benzene rings is 1. The van der Waals surface area contributed by atoms with Gasteiger partial charge in [0.25, 0.3) is 0 Å². The van der Waals surface area contributed by atoms with Gasteiger partial charge in [-0.15, -0.1) is 0 Å². The van der Waals surface area contributed by atoms with E-state index in [-0.39, 0.29) is 17.5 Å². The number of hydrogen-bond donors (Lipinski definition) is 2. The van der Waals surface area contributed by atoms with Crippen LogP contribution >= 0.6 is 0 Å². The number of rotatable bonds is 2. The summed E-state index contributed by atoms with van der Waals surface area (Å²) in [6.07, 6.45) is 6.78. The second-order valence-electron chi connectivity index (χ2n) is 6.47. The zero-order valence-electron chi connectivity index (χ0n) is 12.3. The first-order valence-corrected chi connectivity index (χ1v) is 7.91. The Labute approximate surface area is 121 Å². The lowest BCUT2D eigenvalue weighted by Gasteiger charge is -2.43. The minimum absolute atomic E-state index is 0.0825. The van der Waals surface area contributed by atoms with Crippen LogP contribution in [0.5, 0.6) is 11.5 Å². The molecule has 2 N–H and O–H groups in total. The van der Waals surface area contributed by atoms with E-state index in [1.54, 1.807) is 18.2 Å². The number of phenols is 2. The van der Waals surface area contributed by atoms with Crippen molar-refractivity contribution in [3.05, 3.63) is 23.8 Å². The highest BCUT2D eigenvalue weighted by Crippen LogP contribution is 2.41. The fourth-order valence-corrected chi connectivity index (χ4v) is 4.13. The lowest BCUT2D eigenvalue weighted by atomic mass is 9.74. The highest BCUT2D eigenvalue weighted by molar-refractivity contribution is 5.45. The molecule has 1 aromatic carbocycles.